The maximum absolute atomic E-state index is 11.4. The van der Waals surface area contributed by atoms with Crippen LogP contribution in [0.25, 0.3) is 0 Å². The van der Waals surface area contributed by atoms with E-state index >= 15 is 0 Å². The SMILES string of the molecule is CCOC(=O)C(CC)NCC(O)C(C)C. The molecular weight excluding hydrogens is 194 g/mol. The summed E-state index contributed by atoms with van der Waals surface area (Å²) in [5.74, 6) is -0.0480. The number of rotatable bonds is 7. The van der Waals surface area contributed by atoms with Crippen molar-refractivity contribution in [3.63, 3.8) is 0 Å². The van der Waals surface area contributed by atoms with Gasteiger partial charge in [0.25, 0.3) is 0 Å². The summed E-state index contributed by atoms with van der Waals surface area (Å²) in [4.78, 5) is 11.4. The number of hydrogen-bond acceptors (Lipinski definition) is 4. The molecule has 0 bridgehead atoms. The zero-order valence-corrected chi connectivity index (χ0v) is 10.1. The third-order valence-electron chi connectivity index (χ3n) is 2.32. The fourth-order valence-corrected chi connectivity index (χ4v) is 1.14. The Labute approximate surface area is 92.0 Å². The zero-order valence-electron chi connectivity index (χ0n) is 10.1. The van der Waals surface area contributed by atoms with Gasteiger partial charge in [-0.05, 0) is 19.3 Å². The molecule has 0 saturated heterocycles. The van der Waals surface area contributed by atoms with Crippen LogP contribution in [0.1, 0.15) is 34.1 Å². The standard InChI is InChI=1S/C11H23NO3/c1-5-9(11(14)15-6-2)12-7-10(13)8(3)4/h8-10,12-13H,5-7H2,1-4H3. The molecule has 0 aliphatic carbocycles. The molecule has 2 N–H and O–H groups in total. The summed E-state index contributed by atoms with van der Waals surface area (Å²) in [6, 6.07) is -0.307. The van der Waals surface area contributed by atoms with E-state index in [4.69, 9.17) is 4.74 Å². The van der Waals surface area contributed by atoms with Crippen molar-refractivity contribution < 1.29 is 14.6 Å². The topological polar surface area (TPSA) is 58.6 Å². The van der Waals surface area contributed by atoms with E-state index in [1.165, 1.54) is 0 Å². The number of esters is 1. The Morgan fingerprint density at radius 3 is 2.40 bits per heavy atom. The molecule has 0 heterocycles. The Morgan fingerprint density at radius 2 is 2.00 bits per heavy atom. The molecule has 0 aliphatic rings. The van der Waals surface area contributed by atoms with Gasteiger partial charge >= 0.3 is 5.97 Å². The second-order valence-electron chi connectivity index (χ2n) is 3.93. The van der Waals surface area contributed by atoms with Crippen molar-refractivity contribution in [2.75, 3.05) is 13.2 Å². The maximum atomic E-state index is 11.4. The number of nitrogens with one attached hydrogen (secondary N) is 1. The number of aliphatic hydroxyl groups excluding tert-OH is 1. The summed E-state index contributed by atoms with van der Waals surface area (Å²) < 4.78 is 4.90. The third-order valence-corrected chi connectivity index (χ3v) is 2.32. The predicted octanol–water partition coefficient (Wildman–Crippen LogP) is 0.935. The van der Waals surface area contributed by atoms with Gasteiger partial charge in [0, 0.05) is 6.54 Å². The van der Waals surface area contributed by atoms with Crippen molar-refractivity contribution in [2.45, 2.75) is 46.3 Å². The molecule has 15 heavy (non-hydrogen) atoms. The summed E-state index contributed by atoms with van der Waals surface area (Å²) in [6.07, 6.45) is 0.248. The van der Waals surface area contributed by atoms with E-state index in [0.717, 1.165) is 0 Å². The van der Waals surface area contributed by atoms with Crippen molar-refractivity contribution in [2.24, 2.45) is 5.92 Å². The Morgan fingerprint density at radius 1 is 1.40 bits per heavy atom. The third kappa shape index (κ3) is 5.74. The van der Waals surface area contributed by atoms with Crippen LogP contribution >= 0.6 is 0 Å². The van der Waals surface area contributed by atoms with Crippen LogP contribution in [0.3, 0.4) is 0 Å². The average Bonchev–Trinajstić information content (AvgIpc) is 2.18. The lowest BCUT2D eigenvalue weighted by Gasteiger charge is -2.19. The molecule has 0 aromatic heterocycles. The first-order valence-corrected chi connectivity index (χ1v) is 5.60. The van der Waals surface area contributed by atoms with Gasteiger partial charge in [-0.25, -0.2) is 0 Å². The molecule has 4 heteroatoms. The van der Waals surface area contributed by atoms with Crippen molar-refractivity contribution in [1.29, 1.82) is 0 Å². The van der Waals surface area contributed by atoms with Crippen LogP contribution in [-0.2, 0) is 9.53 Å². The van der Waals surface area contributed by atoms with E-state index in [0.29, 0.717) is 19.6 Å². The van der Waals surface area contributed by atoms with Gasteiger partial charge in [-0.3, -0.25) is 4.79 Å². The highest BCUT2D eigenvalue weighted by Crippen LogP contribution is 2.01. The van der Waals surface area contributed by atoms with Gasteiger partial charge in [0.2, 0.25) is 0 Å². The molecule has 0 rings (SSSR count). The summed E-state index contributed by atoms with van der Waals surface area (Å²) in [6.45, 7) is 8.40. The number of ether oxygens (including phenoxy) is 1. The van der Waals surface area contributed by atoms with Crippen LogP contribution < -0.4 is 5.32 Å². The zero-order chi connectivity index (χ0) is 11.8. The minimum Gasteiger partial charge on any atom is -0.465 e. The molecule has 0 aliphatic heterocycles. The van der Waals surface area contributed by atoms with Gasteiger partial charge < -0.3 is 15.2 Å². The van der Waals surface area contributed by atoms with E-state index in [-0.39, 0.29) is 17.9 Å². The molecule has 0 radical (unpaired) electrons. The first kappa shape index (κ1) is 14.4. The van der Waals surface area contributed by atoms with Gasteiger partial charge in [-0.15, -0.1) is 0 Å². The molecule has 2 unspecified atom stereocenters. The highest BCUT2D eigenvalue weighted by Gasteiger charge is 2.18. The second-order valence-corrected chi connectivity index (χ2v) is 3.93. The molecule has 0 amide bonds. The van der Waals surface area contributed by atoms with Crippen LogP contribution in [-0.4, -0.2) is 36.4 Å². The van der Waals surface area contributed by atoms with Crippen LogP contribution in [0.4, 0.5) is 0 Å². The maximum Gasteiger partial charge on any atom is 0.323 e. The molecule has 0 aromatic rings. The number of carbonyl (C=O) groups is 1. The number of hydrogen-bond donors (Lipinski definition) is 2. The van der Waals surface area contributed by atoms with Gasteiger partial charge in [-0.2, -0.15) is 0 Å². The lowest BCUT2D eigenvalue weighted by atomic mass is 10.1. The van der Waals surface area contributed by atoms with E-state index < -0.39 is 6.10 Å². The molecule has 90 valence electrons. The molecular formula is C11H23NO3. The van der Waals surface area contributed by atoms with Gasteiger partial charge in [0.15, 0.2) is 0 Å². The smallest absolute Gasteiger partial charge is 0.323 e. The predicted molar refractivity (Wildman–Crippen MR) is 59.6 cm³/mol. The summed E-state index contributed by atoms with van der Waals surface area (Å²) >= 11 is 0. The highest BCUT2D eigenvalue weighted by atomic mass is 16.5. The van der Waals surface area contributed by atoms with E-state index in [2.05, 4.69) is 5.32 Å². The fourth-order valence-electron chi connectivity index (χ4n) is 1.14. The van der Waals surface area contributed by atoms with Gasteiger partial charge in [-0.1, -0.05) is 20.8 Å². The first-order valence-electron chi connectivity index (χ1n) is 5.60. The van der Waals surface area contributed by atoms with Crippen LogP contribution in [0.15, 0.2) is 0 Å². The number of aliphatic hydroxyl groups is 1. The molecule has 0 saturated carbocycles. The molecule has 2 atom stereocenters. The highest BCUT2D eigenvalue weighted by molar-refractivity contribution is 5.75. The Hall–Kier alpha value is -0.610. The lowest BCUT2D eigenvalue weighted by molar-refractivity contribution is -0.145. The number of carbonyl (C=O) groups excluding carboxylic acids is 1. The quantitative estimate of drug-likeness (QED) is 0.623. The first-order chi connectivity index (χ1) is 7.02. The van der Waals surface area contributed by atoms with E-state index in [1.807, 2.05) is 20.8 Å². The summed E-state index contributed by atoms with van der Waals surface area (Å²) in [7, 11) is 0. The Kier molecular flexibility index (Phi) is 7.34. The average molecular weight is 217 g/mol. The van der Waals surface area contributed by atoms with Crippen molar-refractivity contribution in [1.82, 2.24) is 5.32 Å². The summed E-state index contributed by atoms with van der Waals surface area (Å²) in [5, 5.41) is 12.6. The van der Waals surface area contributed by atoms with Gasteiger partial charge in [0.05, 0.1) is 12.7 Å². The van der Waals surface area contributed by atoms with Crippen molar-refractivity contribution >= 4 is 5.97 Å². The second kappa shape index (κ2) is 7.65. The van der Waals surface area contributed by atoms with E-state index in [1.54, 1.807) is 6.92 Å². The molecule has 0 spiro atoms. The van der Waals surface area contributed by atoms with Crippen LogP contribution in [0.2, 0.25) is 0 Å². The normalized spacial score (nSPS) is 15.1. The fraction of sp³-hybridized carbons (Fsp3) is 0.909. The Bertz CT molecular complexity index is 183. The monoisotopic (exact) mass is 217 g/mol. The van der Waals surface area contributed by atoms with Crippen LogP contribution in [0.5, 0.6) is 0 Å². The minimum atomic E-state index is -0.423. The molecule has 0 fully saturated rings. The molecule has 4 nitrogen and oxygen atoms in total. The van der Waals surface area contributed by atoms with Crippen molar-refractivity contribution in [3.8, 4) is 0 Å². The van der Waals surface area contributed by atoms with Crippen LogP contribution in [0, 0.1) is 5.92 Å². The minimum absolute atomic E-state index is 0.192. The van der Waals surface area contributed by atoms with E-state index in [9.17, 15) is 9.90 Å². The molecule has 0 aromatic carbocycles. The lowest BCUT2D eigenvalue weighted by Crippen LogP contribution is -2.42. The summed E-state index contributed by atoms with van der Waals surface area (Å²) in [5.41, 5.74) is 0. The van der Waals surface area contributed by atoms with Crippen molar-refractivity contribution in [3.05, 3.63) is 0 Å². The Balaban J connectivity index is 3.94. The largest absolute Gasteiger partial charge is 0.465 e. The van der Waals surface area contributed by atoms with Gasteiger partial charge in [0.1, 0.15) is 6.04 Å².